The summed E-state index contributed by atoms with van der Waals surface area (Å²) in [4.78, 5) is 7.02. The van der Waals surface area contributed by atoms with E-state index in [1.807, 2.05) is 6.92 Å². The van der Waals surface area contributed by atoms with Gasteiger partial charge >= 0.3 is 6.18 Å². The number of rotatable bonds is 5. The lowest BCUT2D eigenvalue weighted by molar-refractivity contribution is -0.145. The van der Waals surface area contributed by atoms with Crippen molar-refractivity contribution < 1.29 is 17.9 Å². The Balaban J connectivity index is 2.17. The molecular weight excluding hydrogens is 283 g/mol. The first-order chi connectivity index (χ1) is 9.99. The van der Waals surface area contributed by atoms with Gasteiger partial charge in [-0.05, 0) is 32.1 Å². The molecule has 0 spiro atoms. The zero-order valence-corrected chi connectivity index (χ0v) is 12.0. The number of halogens is 3. The minimum absolute atomic E-state index is 0.00262. The molecule has 0 unspecified atom stereocenters. The van der Waals surface area contributed by atoms with Crippen LogP contribution in [0.3, 0.4) is 0 Å². The van der Waals surface area contributed by atoms with E-state index >= 15 is 0 Å². The number of alkyl halides is 3. The van der Waals surface area contributed by atoms with Crippen LogP contribution in [0.15, 0.2) is 6.07 Å². The van der Waals surface area contributed by atoms with Gasteiger partial charge in [-0.25, -0.2) is 4.98 Å². The van der Waals surface area contributed by atoms with Crippen molar-refractivity contribution in [3.05, 3.63) is 11.9 Å². The molecule has 0 saturated heterocycles. The molecule has 1 heterocycles. The Kier molecular flexibility index (Phi) is 5.25. The van der Waals surface area contributed by atoms with Gasteiger partial charge in [-0.3, -0.25) is 0 Å². The summed E-state index contributed by atoms with van der Waals surface area (Å²) in [6, 6.07) is 1.44. The van der Waals surface area contributed by atoms with E-state index < -0.39 is 12.0 Å². The quantitative estimate of drug-likeness (QED) is 0.892. The van der Waals surface area contributed by atoms with Gasteiger partial charge in [-0.2, -0.15) is 18.2 Å². The van der Waals surface area contributed by atoms with Crippen LogP contribution in [0.25, 0.3) is 0 Å². The lowest BCUT2D eigenvalue weighted by Gasteiger charge is -2.23. The summed E-state index contributed by atoms with van der Waals surface area (Å²) >= 11 is 0. The van der Waals surface area contributed by atoms with E-state index in [2.05, 4.69) is 15.3 Å². The van der Waals surface area contributed by atoms with E-state index in [9.17, 15) is 13.2 Å². The molecule has 21 heavy (non-hydrogen) atoms. The highest BCUT2D eigenvalue weighted by molar-refractivity contribution is 5.38. The monoisotopic (exact) mass is 303 g/mol. The molecule has 7 heteroatoms. The first kappa shape index (κ1) is 15.9. The second kappa shape index (κ2) is 6.95. The van der Waals surface area contributed by atoms with Crippen molar-refractivity contribution in [2.24, 2.45) is 0 Å². The largest absolute Gasteiger partial charge is 0.474 e. The number of hydrogen-bond acceptors (Lipinski definition) is 4. The topological polar surface area (TPSA) is 47.0 Å². The summed E-state index contributed by atoms with van der Waals surface area (Å²) < 4.78 is 44.1. The number of anilines is 1. The molecule has 1 saturated carbocycles. The molecule has 0 radical (unpaired) electrons. The van der Waals surface area contributed by atoms with Crippen molar-refractivity contribution in [1.82, 2.24) is 9.97 Å². The van der Waals surface area contributed by atoms with E-state index in [4.69, 9.17) is 4.74 Å². The summed E-state index contributed by atoms with van der Waals surface area (Å²) in [6.45, 7) is 2.48. The van der Waals surface area contributed by atoms with Crippen molar-refractivity contribution in [3.8, 4) is 5.88 Å². The van der Waals surface area contributed by atoms with Crippen LogP contribution in [-0.2, 0) is 6.18 Å². The maximum atomic E-state index is 12.8. The number of nitrogens with zero attached hydrogens (tertiary/aromatic N) is 2. The molecule has 0 bridgehead atoms. The summed E-state index contributed by atoms with van der Waals surface area (Å²) in [5.74, 6) is -0.998. The van der Waals surface area contributed by atoms with Gasteiger partial charge in [0.05, 0.1) is 0 Å². The molecule has 1 aromatic heterocycles. The molecule has 1 fully saturated rings. The number of aromatic nitrogens is 2. The van der Waals surface area contributed by atoms with Crippen LogP contribution < -0.4 is 10.1 Å². The highest BCUT2D eigenvalue weighted by Gasteiger charge is 2.36. The maximum Gasteiger partial charge on any atom is 0.451 e. The molecule has 0 atom stereocenters. The van der Waals surface area contributed by atoms with Gasteiger partial charge in [0.1, 0.15) is 11.9 Å². The molecule has 4 nitrogen and oxygen atoms in total. The lowest BCUT2D eigenvalue weighted by Crippen LogP contribution is -2.22. The SMILES string of the molecule is CCCNc1cc(OC2CCCCC2)nc(C(F)(F)F)n1. The smallest absolute Gasteiger partial charge is 0.451 e. The van der Waals surface area contributed by atoms with Crippen molar-refractivity contribution in [2.45, 2.75) is 57.7 Å². The fourth-order valence-electron chi connectivity index (χ4n) is 2.31. The third kappa shape index (κ3) is 4.75. The molecule has 1 N–H and O–H groups in total. The molecule has 118 valence electrons. The van der Waals surface area contributed by atoms with Crippen LogP contribution in [0.1, 0.15) is 51.3 Å². The highest BCUT2D eigenvalue weighted by atomic mass is 19.4. The van der Waals surface area contributed by atoms with Gasteiger partial charge in [0, 0.05) is 12.6 Å². The van der Waals surface area contributed by atoms with Crippen LogP contribution in [0.4, 0.5) is 19.0 Å². The van der Waals surface area contributed by atoms with Gasteiger partial charge in [0.2, 0.25) is 11.7 Å². The Bertz CT molecular complexity index is 459. The van der Waals surface area contributed by atoms with Crippen LogP contribution in [0.5, 0.6) is 5.88 Å². The molecule has 0 amide bonds. The number of ether oxygens (including phenoxy) is 1. The molecule has 0 aliphatic heterocycles. The Hall–Kier alpha value is -1.53. The minimum Gasteiger partial charge on any atom is -0.474 e. The van der Waals surface area contributed by atoms with Gasteiger partial charge in [0.25, 0.3) is 0 Å². The van der Waals surface area contributed by atoms with Gasteiger partial charge in [-0.15, -0.1) is 0 Å². The van der Waals surface area contributed by atoms with Crippen LogP contribution in [0.2, 0.25) is 0 Å². The van der Waals surface area contributed by atoms with Crippen molar-refractivity contribution in [1.29, 1.82) is 0 Å². The van der Waals surface area contributed by atoms with Gasteiger partial charge < -0.3 is 10.1 Å². The average Bonchev–Trinajstić information content (AvgIpc) is 2.45. The average molecular weight is 303 g/mol. The summed E-state index contributed by atoms with van der Waals surface area (Å²) in [6.07, 6.45) is 1.14. The molecule has 0 aromatic carbocycles. The molecule has 1 aliphatic carbocycles. The Morgan fingerprint density at radius 1 is 1.24 bits per heavy atom. The Labute approximate surface area is 122 Å². The molecule has 1 aliphatic rings. The maximum absolute atomic E-state index is 12.8. The normalized spacial score (nSPS) is 16.8. The van der Waals surface area contributed by atoms with Crippen molar-refractivity contribution in [3.63, 3.8) is 0 Å². The molecule has 1 aromatic rings. The summed E-state index contributed by atoms with van der Waals surface area (Å²) in [5.41, 5.74) is 0. The van der Waals surface area contributed by atoms with Gasteiger partial charge in [-0.1, -0.05) is 13.3 Å². The third-order valence-electron chi connectivity index (χ3n) is 3.35. The van der Waals surface area contributed by atoms with Crippen LogP contribution in [0, 0.1) is 0 Å². The second-order valence-corrected chi connectivity index (χ2v) is 5.22. The van der Waals surface area contributed by atoms with Crippen molar-refractivity contribution >= 4 is 5.82 Å². The third-order valence-corrected chi connectivity index (χ3v) is 3.35. The fourth-order valence-corrected chi connectivity index (χ4v) is 2.31. The zero-order chi connectivity index (χ0) is 15.3. The predicted molar refractivity (Wildman–Crippen MR) is 73.3 cm³/mol. The second-order valence-electron chi connectivity index (χ2n) is 5.22. The van der Waals surface area contributed by atoms with E-state index in [0.717, 1.165) is 38.5 Å². The Morgan fingerprint density at radius 2 is 1.95 bits per heavy atom. The van der Waals surface area contributed by atoms with Crippen molar-refractivity contribution in [2.75, 3.05) is 11.9 Å². The van der Waals surface area contributed by atoms with Crippen LogP contribution >= 0.6 is 0 Å². The number of nitrogens with one attached hydrogen (secondary N) is 1. The fraction of sp³-hybridized carbons (Fsp3) is 0.714. The van der Waals surface area contributed by atoms with E-state index in [1.54, 1.807) is 0 Å². The lowest BCUT2D eigenvalue weighted by atomic mass is 9.98. The van der Waals surface area contributed by atoms with E-state index in [0.29, 0.717) is 6.54 Å². The summed E-state index contributed by atoms with van der Waals surface area (Å²) in [5, 5.41) is 2.85. The predicted octanol–water partition coefficient (Wildman–Crippen LogP) is 4.03. The summed E-state index contributed by atoms with van der Waals surface area (Å²) in [7, 11) is 0. The van der Waals surface area contributed by atoms with E-state index in [1.165, 1.54) is 6.07 Å². The highest BCUT2D eigenvalue weighted by Crippen LogP contribution is 2.30. The molecule has 2 rings (SSSR count). The van der Waals surface area contributed by atoms with Crippen LogP contribution in [-0.4, -0.2) is 22.6 Å². The minimum atomic E-state index is -4.57. The zero-order valence-electron chi connectivity index (χ0n) is 12.0. The van der Waals surface area contributed by atoms with Gasteiger partial charge in [0.15, 0.2) is 0 Å². The first-order valence-electron chi connectivity index (χ1n) is 7.36. The first-order valence-corrected chi connectivity index (χ1v) is 7.36. The van der Waals surface area contributed by atoms with E-state index in [-0.39, 0.29) is 17.8 Å². The molecular formula is C14H20F3N3O. The standard InChI is InChI=1S/C14H20F3N3O/c1-2-8-18-11-9-12(20-13(19-11)14(15,16)17)21-10-6-4-3-5-7-10/h9-10H,2-8H2,1H3,(H,18,19,20). The Morgan fingerprint density at radius 3 is 2.57 bits per heavy atom. The number of hydrogen-bond donors (Lipinski definition) is 1.